The smallest absolute Gasteiger partial charge is 0.278 e. The minimum atomic E-state index is -1.28. The molecule has 2 N–H and O–H groups in total. The van der Waals surface area contributed by atoms with Gasteiger partial charge in [0.25, 0.3) is 11.7 Å². The molecule has 4 aromatic carbocycles. The number of hydrogen-bond donors (Lipinski definition) is 2. The Labute approximate surface area is 304 Å². The lowest BCUT2D eigenvalue weighted by molar-refractivity contribution is -0.0712. The van der Waals surface area contributed by atoms with Gasteiger partial charge >= 0.3 is 0 Å². The van der Waals surface area contributed by atoms with Crippen LogP contribution in [0.15, 0.2) is 72.8 Å². The van der Waals surface area contributed by atoms with Crippen LogP contribution in [0.25, 0.3) is 21.9 Å². The largest absolute Gasteiger partial charge is 0.444 e. The van der Waals surface area contributed by atoms with Crippen LogP contribution in [0.4, 0.5) is 10.1 Å². The predicted octanol–water partition coefficient (Wildman–Crippen LogP) is 8.08. The number of anilines is 1. The summed E-state index contributed by atoms with van der Waals surface area (Å²) in [5, 5.41) is 11.5. The molecule has 3 aliphatic rings. The number of carbonyl (C=O) groups excluding carboxylic acids is 1. The summed E-state index contributed by atoms with van der Waals surface area (Å²) in [5.41, 5.74) is 6.25. The zero-order valence-corrected chi connectivity index (χ0v) is 29.7. The van der Waals surface area contributed by atoms with Crippen LogP contribution in [-0.4, -0.2) is 56.4 Å². The molecule has 2 saturated heterocycles. The third-order valence-electron chi connectivity index (χ3n) is 10.7. The first-order valence-corrected chi connectivity index (χ1v) is 18.1. The molecule has 52 heavy (non-hydrogen) atoms. The normalized spacial score (nSPS) is 20.4. The third-order valence-corrected chi connectivity index (χ3v) is 10.9. The summed E-state index contributed by atoms with van der Waals surface area (Å²) >= 11 is 6.01. The molecule has 12 heteroatoms. The molecule has 0 radical (unpaired) electrons. The fourth-order valence-corrected chi connectivity index (χ4v) is 7.90. The van der Waals surface area contributed by atoms with Crippen molar-refractivity contribution >= 4 is 45.1 Å². The first-order valence-electron chi connectivity index (χ1n) is 17.8. The Hall–Kier alpha value is -4.97. The minimum absolute atomic E-state index is 0.164. The second-order valence-corrected chi connectivity index (χ2v) is 14.6. The highest BCUT2D eigenvalue weighted by molar-refractivity contribution is 6.30. The van der Waals surface area contributed by atoms with E-state index in [0.29, 0.717) is 39.9 Å². The number of nitrogens with zero attached hydrogens (tertiary/aromatic N) is 4. The summed E-state index contributed by atoms with van der Waals surface area (Å²) in [5.74, 6) is 0.605. The highest BCUT2D eigenvalue weighted by atomic mass is 35.5. The molecule has 0 bridgehead atoms. The van der Waals surface area contributed by atoms with Crippen LogP contribution in [0.5, 0.6) is 11.5 Å². The van der Waals surface area contributed by atoms with Crippen LogP contribution >= 0.6 is 11.6 Å². The number of nitrogens with one attached hydrogen (secondary N) is 2. The van der Waals surface area contributed by atoms with E-state index in [0.717, 1.165) is 84.5 Å². The van der Waals surface area contributed by atoms with Gasteiger partial charge in [-0.2, -0.15) is 5.10 Å². The monoisotopic (exact) mass is 720 g/mol. The molecule has 6 aromatic rings. The van der Waals surface area contributed by atoms with Crippen LogP contribution in [-0.2, 0) is 23.6 Å². The second kappa shape index (κ2) is 12.9. The van der Waals surface area contributed by atoms with Gasteiger partial charge in [0.2, 0.25) is 0 Å². The van der Waals surface area contributed by atoms with E-state index in [2.05, 4.69) is 31.0 Å². The lowest BCUT2D eigenvalue weighted by Crippen LogP contribution is -2.35. The van der Waals surface area contributed by atoms with Gasteiger partial charge in [-0.3, -0.25) is 14.8 Å². The van der Waals surface area contributed by atoms with Crippen molar-refractivity contribution in [3.8, 4) is 11.5 Å². The Kier molecular flexibility index (Phi) is 8.17. The zero-order valence-electron chi connectivity index (χ0n) is 28.9. The molecule has 0 saturated carbocycles. The number of rotatable bonds is 8. The molecule has 10 nitrogen and oxygen atoms in total. The number of benzene rings is 4. The number of piperidine rings is 1. The highest BCUT2D eigenvalue weighted by Gasteiger charge is 2.43. The van der Waals surface area contributed by atoms with Gasteiger partial charge in [-0.25, -0.2) is 9.37 Å². The molecule has 0 aliphatic carbocycles. The molecule has 266 valence electrons. The molecule has 1 amide bonds. The van der Waals surface area contributed by atoms with Crippen molar-refractivity contribution in [1.29, 1.82) is 0 Å². The second-order valence-electron chi connectivity index (χ2n) is 14.1. The minimum Gasteiger partial charge on any atom is -0.444 e. The van der Waals surface area contributed by atoms with Crippen molar-refractivity contribution in [3.05, 3.63) is 112 Å². The van der Waals surface area contributed by atoms with Crippen molar-refractivity contribution in [2.75, 3.05) is 25.0 Å². The maximum absolute atomic E-state index is 14.9. The standard InChI is InChI=1S/C40H38ClFN6O4/c1-23-30-18-25(6-10-33(30)46-45-23)39(49)43-27-8-11-35-34(20-27)44-37(48(35)21-28-14-17-50-28)22-47-15-12-24(13-16-47)29-4-3-5-36-38(29)52-40(2,51-36)31-9-7-26(41)19-32(31)42/h3-11,18-20,24,28H,12-17,21-22H2,1-2H3,(H,43,49)(H,45,46)/t28-,40?/m0/s1. The number of H-pyrrole nitrogens is 1. The molecule has 1 unspecified atom stereocenters. The van der Waals surface area contributed by atoms with E-state index in [9.17, 15) is 9.18 Å². The number of ether oxygens (including phenoxy) is 3. The van der Waals surface area contributed by atoms with Gasteiger partial charge in [0.05, 0.1) is 47.0 Å². The number of hydrogen-bond acceptors (Lipinski definition) is 7. The number of imidazole rings is 1. The lowest BCUT2D eigenvalue weighted by Gasteiger charge is -2.33. The van der Waals surface area contributed by atoms with Gasteiger partial charge in [0, 0.05) is 40.8 Å². The maximum Gasteiger partial charge on any atom is 0.278 e. The van der Waals surface area contributed by atoms with Gasteiger partial charge in [-0.15, -0.1) is 0 Å². The third kappa shape index (κ3) is 5.96. The summed E-state index contributed by atoms with van der Waals surface area (Å²) in [6.45, 7) is 7.63. The van der Waals surface area contributed by atoms with E-state index >= 15 is 0 Å². The Balaban J connectivity index is 0.908. The van der Waals surface area contributed by atoms with Crippen molar-refractivity contribution < 1.29 is 23.4 Å². The Bertz CT molecular complexity index is 2350. The van der Waals surface area contributed by atoms with E-state index in [4.69, 9.17) is 30.8 Å². The Morgan fingerprint density at radius 3 is 2.69 bits per heavy atom. The highest BCUT2D eigenvalue weighted by Crippen LogP contribution is 2.50. The van der Waals surface area contributed by atoms with E-state index in [-0.39, 0.29) is 17.9 Å². The molecule has 2 fully saturated rings. The summed E-state index contributed by atoms with van der Waals surface area (Å²) < 4.78 is 35.7. The summed E-state index contributed by atoms with van der Waals surface area (Å²) in [4.78, 5) is 20.8. The number of carbonyl (C=O) groups is 1. The number of likely N-dealkylation sites (tertiary alicyclic amines) is 1. The average Bonchev–Trinajstić information content (AvgIpc) is 3.78. The van der Waals surface area contributed by atoms with Crippen molar-refractivity contribution in [3.63, 3.8) is 0 Å². The van der Waals surface area contributed by atoms with Crippen molar-refractivity contribution in [2.24, 2.45) is 0 Å². The van der Waals surface area contributed by atoms with E-state index in [1.165, 1.54) is 6.07 Å². The van der Waals surface area contributed by atoms with Gasteiger partial charge in [-0.1, -0.05) is 23.7 Å². The van der Waals surface area contributed by atoms with Crippen molar-refractivity contribution in [2.45, 2.75) is 64.0 Å². The van der Waals surface area contributed by atoms with Crippen LogP contribution in [0.1, 0.15) is 65.1 Å². The molecule has 2 aromatic heterocycles. The van der Waals surface area contributed by atoms with E-state index < -0.39 is 11.6 Å². The average molecular weight is 721 g/mol. The molecule has 3 aliphatic heterocycles. The zero-order chi connectivity index (χ0) is 35.6. The van der Waals surface area contributed by atoms with E-state index in [1.807, 2.05) is 49.4 Å². The van der Waals surface area contributed by atoms with Crippen LogP contribution < -0.4 is 14.8 Å². The molecule has 0 spiro atoms. The van der Waals surface area contributed by atoms with Crippen LogP contribution in [0.3, 0.4) is 0 Å². The number of amides is 1. The van der Waals surface area contributed by atoms with Gasteiger partial charge < -0.3 is 24.1 Å². The first-order chi connectivity index (χ1) is 25.2. The SMILES string of the molecule is Cc1n[nH]c2ccc(C(=O)Nc3ccc4c(c3)nc(CN3CCC(c5cccc6c5OC(C)(c5ccc(Cl)cc5F)O6)CC3)n4C[C@@H]3CCO3)cc12. The fraction of sp³-hybridized carbons (Fsp3) is 0.325. The maximum atomic E-state index is 14.9. The number of halogens is 2. The number of aromatic amines is 1. The van der Waals surface area contributed by atoms with Crippen LogP contribution in [0, 0.1) is 12.7 Å². The van der Waals surface area contributed by atoms with E-state index in [1.54, 1.807) is 25.1 Å². The summed E-state index contributed by atoms with van der Waals surface area (Å²) in [6.07, 6.45) is 3.05. The lowest BCUT2D eigenvalue weighted by atomic mass is 9.88. The summed E-state index contributed by atoms with van der Waals surface area (Å²) in [7, 11) is 0. The number of para-hydroxylation sites is 1. The molecule has 2 atom stereocenters. The van der Waals surface area contributed by atoms with Crippen LogP contribution in [0.2, 0.25) is 5.02 Å². The molecular weight excluding hydrogens is 683 g/mol. The summed E-state index contributed by atoms with van der Waals surface area (Å²) in [6, 6.07) is 22.0. The Morgan fingerprint density at radius 2 is 1.90 bits per heavy atom. The first kappa shape index (κ1) is 32.9. The quantitative estimate of drug-likeness (QED) is 0.164. The van der Waals surface area contributed by atoms with Crippen molar-refractivity contribution in [1.82, 2.24) is 24.6 Å². The number of aryl methyl sites for hydroxylation is 1. The number of aromatic nitrogens is 4. The fourth-order valence-electron chi connectivity index (χ4n) is 7.74. The van der Waals surface area contributed by atoms with Gasteiger partial charge in [-0.05, 0) is 106 Å². The Morgan fingerprint density at radius 1 is 1.06 bits per heavy atom. The number of fused-ring (bicyclic) bond motifs is 3. The topological polar surface area (TPSA) is 107 Å². The molecule has 5 heterocycles. The van der Waals surface area contributed by atoms with Gasteiger partial charge in [0.15, 0.2) is 11.5 Å². The molecule has 9 rings (SSSR count). The van der Waals surface area contributed by atoms with Gasteiger partial charge in [0.1, 0.15) is 11.6 Å². The predicted molar refractivity (Wildman–Crippen MR) is 197 cm³/mol. The molecular formula is C40H38ClFN6O4.